The quantitative estimate of drug-likeness (QED) is 0.828. The molecule has 1 aromatic heterocycles. The van der Waals surface area contributed by atoms with Crippen LogP contribution < -0.4 is 4.90 Å². The lowest BCUT2D eigenvalue weighted by molar-refractivity contribution is -0.134. The molecule has 6 nitrogen and oxygen atoms in total. The van der Waals surface area contributed by atoms with Crippen LogP contribution in [0.2, 0.25) is 0 Å². The zero-order chi connectivity index (χ0) is 17.3. The summed E-state index contributed by atoms with van der Waals surface area (Å²) in [7, 11) is 0. The summed E-state index contributed by atoms with van der Waals surface area (Å²) >= 11 is 0. The number of fused-ring (bicyclic) bond motifs is 1. The van der Waals surface area contributed by atoms with Gasteiger partial charge in [0.15, 0.2) is 0 Å². The molecule has 0 radical (unpaired) electrons. The lowest BCUT2D eigenvalue weighted by atomic mass is 9.91. The molecule has 2 aliphatic heterocycles. The fourth-order valence-electron chi connectivity index (χ4n) is 3.33. The van der Waals surface area contributed by atoms with Crippen LogP contribution in [0.25, 0.3) is 0 Å². The number of nitrogens with zero attached hydrogens (tertiary/aromatic N) is 4. The van der Waals surface area contributed by atoms with Gasteiger partial charge in [0.05, 0.1) is 25.5 Å². The van der Waals surface area contributed by atoms with Crippen LogP contribution in [-0.4, -0.2) is 53.6 Å². The highest BCUT2D eigenvalue weighted by atomic mass is 16.5. The zero-order valence-electron chi connectivity index (χ0n) is 15.3. The van der Waals surface area contributed by atoms with E-state index >= 15 is 0 Å². The third-order valence-corrected chi connectivity index (χ3v) is 4.50. The summed E-state index contributed by atoms with van der Waals surface area (Å²) in [6.45, 7) is 12.8. The lowest BCUT2D eigenvalue weighted by Gasteiger charge is -2.35. The van der Waals surface area contributed by atoms with Gasteiger partial charge in [-0.15, -0.1) is 0 Å². The molecule has 3 heterocycles. The smallest absolute Gasteiger partial charge is 0.223 e. The van der Waals surface area contributed by atoms with Gasteiger partial charge in [-0.1, -0.05) is 20.8 Å². The Balaban J connectivity index is 1.85. The van der Waals surface area contributed by atoms with Crippen molar-refractivity contribution in [1.29, 1.82) is 0 Å². The second kappa shape index (κ2) is 6.67. The van der Waals surface area contributed by atoms with Crippen LogP contribution in [0.5, 0.6) is 0 Å². The molecule has 3 rings (SSSR count). The second-order valence-electron chi connectivity index (χ2n) is 7.92. The van der Waals surface area contributed by atoms with Crippen molar-refractivity contribution in [3.8, 4) is 0 Å². The largest absolute Gasteiger partial charge is 0.378 e. The number of anilines is 1. The van der Waals surface area contributed by atoms with Gasteiger partial charge in [-0.2, -0.15) is 0 Å². The van der Waals surface area contributed by atoms with Gasteiger partial charge in [0, 0.05) is 38.0 Å². The minimum Gasteiger partial charge on any atom is -0.378 e. The third kappa shape index (κ3) is 3.86. The summed E-state index contributed by atoms with van der Waals surface area (Å²) in [5.41, 5.74) is 2.23. The van der Waals surface area contributed by atoms with Crippen LogP contribution in [0.15, 0.2) is 0 Å². The standard InChI is InChI=1S/C18H28N4O2/c1-13-19-15-5-6-22(16(23)11-18(2,3)4)12-14(15)17(20-13)21-7-9-24-10-8-21/h5-12H2,1-4H3. The molecule has 1 fully saturated rings. The van der Waals surface area contributed by atoms with Crippen LogP contribution in [0.1, 0.15) is 44.3 Å². The molecule has 0 unspecified atom stereocenters. The van der Waals surface area contributed by atoms with Crippen molar-refractivity contribution in [3.63, 3.8) is 0 Å². The number of carbonyl (C=O) groups excluding carboxylic acids is 1. The highest BCUT2D eigenvalue weighted by Crippen LogP contribution is 2.29. The molecule has 132 valence electrons. The fraction of sp³-hybridized carbons (Fsp3) is 0.722. The van der Waals surface area contributed by atoms with E-state index in [1.54, 1.807) is 0 Å². The minimum atomic E-state index is 0.00811. The normalized spacial score (nSPS) is 18.5. The number of aryl methyl sites for hydroxylation is 1. The maximum absolute atomic E-state index is 12.6. The van der Waals surface area contributed by atoms with Crippen LogP contribution in [0.3, 0.4) is 0 Å². The average Bonchev–Trinajstić information content (AvgIpc) is 2.53. The highest BCUT2D eigenvalue weighted by Gasteiger charge is 2.29. The molecule has 2 aliphatic rings. The van der Waals surface area contributed by atoms with Gasteiger partial charge < -0.3 is 14.5 Å². The van der Waals surface area contributed by atoms with Crippen LogP contribution in [0.4, 0.5) is 5.82 Å². The Labute approximate surface area is 144 Å². The molecular weight excluding hydrogens is 304 g/mol. The van der Waals surface area contributed by atoms with Gasteiger partial charge in [-0.05, 0) is 12.3 Å². The Morgan fingerprint density at radius 2 is 1.88 bits per heavy atom. The number of hydrogen-bond acceptors (Lipinski definition) is 5. The van der Waals surface area contributed by atoms with Crippen LogP contribution >= 0.6 is 0 Å². The summed E-state index contributed by atoms with van der Waals surface area (Å²) in [5.74, 6) is 2.03. The summed E-state index contributed by atoms with van der Waals surface area (Å²) in [6, 6.07) is 0. The Bertz CT molecular complexity index is 618. The maximum Gasteiger partial charge on any atom is 0.223 e. The van der Waals surface area contributed by atoms with Crippen LogP contribution in [-0.2, 0) is 22.5 Å². The molecule has 0 aromatic carbocycles. The maximum atomic E-state index is 12.6. The summed E-state index contributed by atoms with van der Waals surface area (Å²) in [6.07, 6.45) is 1.38. The molecule has 0 spiro atoms. The van der Waals surface area contributed by atoms with E-state index in [2.05, 4.69) is 30.7 Å². The van der Waals surface area contributed by atoms with Gasteiger partial charge in [0.25, 0.3) is 0 Å². The van der Waals surface area contributed by atoms with E-state index in [0.29, 0.717) is 13.0 Å². The van der Waals surface area contributed by atoms with Crippen molar-refractivity contribution in [1.82, 2.24) is 14.9 Å². The van der Waals surface area contributed by atoms with Gasteiger partial charge in [0.2, 0.25) is 5.91 Å². The number of amides is 1. The van der Waals surface area contributed by atoms with E-state index in [9.17, 15) is 4.79 Å². The topological polar surface area (TPSA) is 58.6 Å². The number of rotatable bonds is 2. The molecule has 1 amide bonds. The van der Waals surface area contributed by atoms with E-state index in [-0.39, 0.29) is 11.3 Å². The molecule has 1 saturated heterocycles. The molecular formula is C18H28N4O2. The molecule has 0 aliphatic carbocycles. The Morgan fingerprint density at radius 3 is 2.54 bits per heavy atom. The fourth-order valence-corrected chi connectivity index (χ4v) is 3.33. The predicted molar refractivity (Wildman–Crippen MR) is 93.0 cm³/mol. The molecule has 6 heteroatoms. The summed E-state index contributed by atoms with van der Waals surface area (Å²) < 4.78 is 5.46. The monoisotopic (exact) mass is 332 g/mol. The SMILES string of the molecule is Cc1nc2c(c(N3CCOCC3)n1)CN(C(=O)CC(C)(C)C)CC2. The first kappa shape index (κ1) is 17.1. The molecule has 1 aromatic rings. The van der Waals surface area contributed by atoms with E-state index in [1.165, 1.54) is 0 Å². The van der Waals surface area contributed by atoms with Crippen molar-refractivity contribution in [3.05, 3.63) is 17.1 Å². The van der Waals surface area contributed by atoms with Gasteiger partial charge >= 0.3 is 0 Å². The summed E-state index contributed by atoms with van der Waals surface area (Å²) in [5, 5.41) is 0. The van der Waals surface area contributed by atoms with Crippen molar-refractivity contribution in [2.24, 2.45) is 5.41 Å². The zero-order valence-corrected chi connectivity index (χ0v) is 15.3. The van der Waals surface area contributed by atoms with Crippen molar-refractivity contribution in [2.45, 2.75) is 47.1 Å². The molecule has 0 bridgehead atoms. The first-order valence-electron chi connectivity index (χ1n) is 8.80. The van der Waals surface area contributed by atoms with E-state index in [4.69, 9.17) is 9.72 Å². The molecule has 24 heavy (non-hydrogen) atoms. The van der Waals surface area contributed by atoms with Gasteiger partial charge in [-0.25, -0.2) is 9.97 Å². The first-order valence-corrected chi connectivity index (χ1v) is 8.80. The van der Waals surface area contributed by atoms with Crippen LogP contribution in [0, 0.1) is 12.3 Å². The number of ether oxygens (including phenoxy) is 1. The average molecular weight is 332 g/mol. The number of hydrogen-bond donors (Lipinski definition) is 0. The lowest BCUT2D eigenvalue weighted by Crippen LogP contribution is -2.41. The number of aromatic nitrogens is 2. The van der Waals surface area contributed by atoms with Crippen molar-refractivity contribution < 1.29 is 9.53 Å². The van der Waals surface area contributed by atoms with E-state index in [1.807, 2.05) is 11.8 Å². The number of morpholine rings is 1. The van der Waals surface area contributed by atoms with Gasteiger partial charge in [0.1, 0.15) is 11.6 Å². The predicted octanol–water partition coefficient (Wildman–Crippen LogP) is 1.94. The van der Waals surface area contributed by atoms with Crippen molar-refractivity contribution >= 4 is 11.7 Å². The second-order valence-corrected chi connectivity index (χ2v) is 7.92. The molecule has 0 atom stereocenters. The number of carbonyl (C=O) groups is 1. The van der Waals surface area contributed by atoms with Crippen molar-refractivity contribution in [2.75, 3.05) is 37.7 Å². The highest BCUT2D eigenvalue weighted by molar-refractivity contribution is 5.77. The molecule has 0 N–H and O–H groups in total. The van der Waals surface area contributed by atoms with E-state index < -0.39 is 0 Å². The Morgan fingerprint density at radius 1 is 1.17 bits per heavy atom. The minimum absolute atomic E-state index is 0.00811. The van der Waals surface area contributed by atoms with Gasteiger partial charge in [-0.3, -0.25) is 4.79 Å². The van der Waals surface area contributed by atoms with E-state index in [0.717, 1.165) is 62.2 Å². The first-order chi connectivity index (χ1) is 11.3. The third-order valence-electron chi connectivity index (χ3n) is 4.50. The molecule has 0 saturated carbocycles. The summed E-state index contributed by atoms with van der Waals surface area (Å²) in [4.78, 5) is 26.2. The Hall–Kier alpha value is -1.69. The Kier molecular flexibility index (Phi) is 4.76.